The number of likely N-dealkylation sites (N-methyl/N-ethyl adjacent to an activating group) is 7. The van der Waals surface area contributed by atoms with E-state index in [1.54, 1.807) is 25.7 Å². The Hall–Kier alpha value is -6.36. The molecule has 0 aromatic carbocycles. The molecule has 0 bridgehead atoms. The van der Waals surface area contributed by atoms with Crippen molar-refractivity contribution < 1.29 is 57.5 Å². The van der Waals surface area contributed by atoms with E-state index in [1.807, 2.05) is 6.92 Å². The third kappa shape index (κ3) is 15.0. The van der Waals surface area contributed by atoms with Crippen molar-refractivity contribution in [2.45, 2.75) is 147 Å². The van der Waals surface area contributed by atoms with Gasteiger partial charge in [-0.1, -0.05) is 47.0 Å². The second-order valence-corrected chi connectivity index (χ2v) is 22.6. The van der Waals surface area contributed by atoms with Crippen molar-refractivity contribution in [3.8, 4) is 0 Å². The van der Waals surface area contributed by atoms with Crippen molar-refractivity contribution in [1.82, 2.24) is 60.0 Å². The Balaban J connectivity index is 1.49. The molecule has 5 rings (SSSR count). The van der Waals surface area contributed by atoms with E-state index in [-0.39, 0.29) is 25.3 Å². The molecule has 2 aliphatic carbocycles. The van der Waals surface area contributed by atoms with E-state index in [0.717, 1.165) is 38.9 Å². The smallest absolute Gasteiger partial charge is 0.248 e. The largest absolute Gasteiger partial charge is 0.345 e. The Labute approximate surface area is 453 Å². The number of fused-ring (bicyclic) bond motifs is 1. The van der Waals surface area contributed by atoms with E-state index in [4.69, 9.17) is 0 Å². The van der Waals surface area contributed by atoms with Gasteiger partial charge in [0, 0.05) is 69.0 Å². The van der Waals surface area contributed by atoms with Gasteiger partial charge in [0.15, 0.2) is 0 Å². The summed E-state index contributed by atoms with van der Waals surface area (Å²) in [5.74, 6) is -8.22. The van der Waals surface area contributed by atoms with Crippen molar-refractivity contribution >= 4 is 70.9 Å². The summed E-state index contributed by atoms with van der Waals surface area (Å²) in [6, 6.07) is -5.64. The maximum absolute atomic E-state index is 15.1. The van der Waals surface area contributed by atoms with E-state index < -0.39 is 158 Å². The zero-order valence-corrected chi connectivity index (χ0v) is 47.4. The molecule has 12 amide bonds. The van der Waals surface area contributed by atoms with Crippen LogP contribution in [0.4, 0.5) is 0 Å². The Morgan fingerprint density at radius 1 is 0.597 bits per heavy atom. The zero-order valence-electron chi connectivity index (χ0n) is 47.4. The molecule has 0 aromatic rings. The van der Waals surface area contributed by atoms with Gasteiger partial charge in [-0.25, -0.2) is 0 Å². The number of likely N-dealkylation sites (tertiary alicyclic amines) is 1. The van der Waals surface area contributed by atoms with Gasteiger partial charge in [-0.15, -0.1) is 0 Å². The molecule has 1 spiro atoms. The van der Waals surface area contributed by atoms with Crippen LogP contribution in [-0.2, 0) is 57.5 Å². The number of rotatable bonds is 5. The molecular weight excluding hydrogens is 997 g/mol. The normalized spacial score (nSPS) is 27.4. The Bertz CT molecular complexity index is 2250. The molecule has 5 fully saturated rings. The minimum Gasteiger partial charge on any atom is -0.345 e. The van der Waals surface area contributed by atoms with Gasteiger partial charge in [0.2, 0.25) is 70.9 Å². The first-order chi connectivity index (χ1) is 36.2. The molecule has 430 valence electrons. The number of piperidine rings is 1. The van der Waals surface area contributed by atoms with E-state index >= 15 is 4.79 Å². The minimum absolute atomic E-state index is 0.209. The lowest BCUT2D eigenvalue weighted by Gasteiger charge is -2.41. The molecular formula is C53H86N12O12. The minimum atomic E-state index is -1.43. The summed E-state index contributed by atoms with van der Waals surface area (Å²) >= 11 is 0. The van der Waals surface area contributed by atoms with E-state index in [0.29, 0.717) is 58.0 Å². The lowest BCUT2D eigenvalue weighted by atomic mass is 9.91. The highest BCUT2D eigenvalue weighted by atomic mass is 16.2. The number of amides is 12. The van der Waals surface area contributed by atoms with Crippen LogP contribution in [0.5, 0.6) is 0 Å². The number of nitrogens with zero attached hydrogens (tertiary/aromatic N) is 9. The van der Waals surface area contributed by atoms with Crippen LogP contribution >= 0.6 is 0 Å². The first-order valence-corrected chi connectivity index (χ1v) is 27.5. The highest BCUT2D eigenvalue weighted by Crippen LogP contribution is 2.37. The van der Waals surface area contributed by atoms with Crippen molar-refractivity contribution in [3.05, 3.63) is 0 Å². The molecule has 3 aliphatic heterocycles. The number of carbonyl (C=O) groups is 12. The molecule has 3 heterocycles. The highest BCUT2D eigenvalue weighted by Gasteiger charge is 2.50. The van der Waals surface area contributed by atoms with Crippen LogP contribution in [0.3, 0.4) is 0 Å². The summed E-state index contributed by atoms with van der Waals surface area (Å²) in [7, 11) is 9.86. The van der Waals surface area contributed by atoms with Gasteiger partial charge in [-0.2, -0.15) is 0 Å². The third-order valence-electron chi connectivity index (χ3n) is 16.4. The summed E-state index contributed by atoms with van der Waals surface area (Å²) in [6.07, 6.45) is 6.00. The summed E-state index contributed by atoms with van der Waals surface area (Å²) < 4.78 is 0. The van der Waals surface area contributed by atoms with Crippen LogP contribution in [0.1, 0.15) is 111 Å². The molecule has 0 aromatic heterocycles. The average molecular weight is 1080 g/mol. The molecule has 24 heteroatoms. The summed E-state index contributed by atoms with van der Waals surface area (Å²) in [5.41, 5.74) is -1.43. The van der Waals surface area contributed by atoms with Crippen LogP contribution in [0.2, 0.25) is 0 Å². The molecule has 5 unspecified atom stereocenters. The fourth-order valence-corrected chi connectivity index (χ4v) is 11.1. The topological polar surface area (TPSA) is 270 Å². The molecule has 6 atom stereocenters. The lowest BCUT2D eigenvalue weighted by Crippen LogP contribution is -2.65. The summed E-state index contributed by atoms with van der Waals surface area (Å²) in [6.45, 7) is 5.86. The zero-order chi connectivity index (χ0) is 57.2. The third-order valence-corrected chi connectivity index (χ3v) is 16.4. The van der Waals surface area contributed by atoms with Gasteiger partial charge in [0.1, 0.15) is 35.7 Å². The van der Waals surface area contributed by atoms with Crippen molar-refractivity contribution in [1.29, 1.82) is 0 Å². The predicted molar refractivity (Wildman–Crippen MR) is 281 cm³/mol. The van der Waals surface area contributed by atoms with Gasteiger partial charge >= 0.3 is 0 Å². The average Bonchev–Trinajstić information content (AvgIpc) is 3.88. The van der Waals surface area contributed by atoms with Gasteiger partial charge in [0.05, 0.1) is 39.1 Å². The quantitative estimate of drug-likeness (QED) is 0.295. The van der Waals surface area contributed by atoms with E-state index in [1.165, 1.54) is 68.9 Å². The SMILES string of the molecule is CC[C@H](C)C1NC(=O)C(C2CC2)N(C)C(=O)CC(C(=O)N2CCCCC2)N(C)C(=O)C(C(C)C)N(C)C(=O)C2(CCCC2)NC(=O)C2CCCN2C(=O)CNC(=O)CN(C)C(=O)CN(C)C(=O)CN(C)C(=O)CN(C)C1=O. The van der Waals surface area contributed by atoms with E-state index in [9.17, 15) is 52.7 Å². The van der Waals surface area contributed by atoms with Crippen LogP contribution in [-0.4, -0.2) is 252 Å². The predicted octanol–water partition coefficient (Wildman–Crippen LogP) is -1.15. The standard InChI is InChI=1S/C53H86N12O12/c1-12-34(4)44-50(75)60(8)32-43(71)59(7)31-42(70)58(6)30-41(69)57(5)29-38(66)54-28-40(68)65-26-18-19-36(65)47(72)56-53(22-14-15-23-53)52(77)63(11)45(33(2)3)51(76)61(9)37(49(74)64-24-16-13-17-25-64)27-39(67)62(10)46(35-20-21-35)48(73)55-44/h33-37,44-46H,12-32H2,1-11H3,(H,54,66)(H,55,73)(H,56,72)/t34-,36?,37?,44?,45?,46?/m0/s1. The van der Waals surface area contributed by atoms with Gasteiger partial charge in [-0.05, 0) is 75.5 Å². The van der Waals surface area contributed by atoms with Crippen LogP contribution in [0.25, 0.3) is 0 Å². The maximum atomic E-state index is 15.1. The van der Waals surface area contributed by atoms with Crippen molar-refractivity contribution in [3.63, 3.8) is 0 Å². The number of hydrogen-bond donors (Lipinski definition) is 3. The van der Waals surface area contributed by atoms with Gasteiger partial charge in [-0.3, -0.25) is 57.5 Å². The highest BCUT2D eigenvalue weighted by molar-refractivity contribution is 6.00. The molecule has 3 N–H and O–H groups in total. The first kappa shape index (κ1) is 61.5. The fourth-order valence-electron chi connectivity index (χ4n) is 11.1. The second kappa shape index (κ2) is 26.8. The van der Waals surface area contributed by atoms with Gasteiger partial charge in [0.25, 0.3) is 0 Å². The van der Waals surface area contributed by atoms with Crippen LogP contribution in [0, 0.1) is 17.8 Å². The molecule has 24 nitrogen and oxygen atoms in total. The molecule has 77 heavy (non-hydrogen) atoms. The van der Waals surface area contributed by atoms with Crippen LogP contribution < -0.4 is 16.0 Å². The lowest BCUT2D eigenvalue weighted by molar-refractivity contribution is -0.156. The van der Waals surface area contributed by atoms with Crippen molar-refractivity contribution in [2.24, 2.45) is 17.8 Å². The van der Waals surface area contributed by atoms with Crippen molar-refractivity contribution in [2.75, 3.05) is 102 Å². The fraction of sp³-hybridized carbons (Fsp3) is 0.774. The van der Waals surface area contributed by atoms with E-state index in [2.05, 4.69) is 16.0 Å². The molecule has 2 saturated carbocycles. The van der Waals surface area contributed by atoms with Crippen LogP contribution in [0.15, 0.2) is 0 Å². The molecule has 5 aliphatic rings. The monoisotopic (exact) mass is 1080 g/mol. The Morgan fingerprint density at radius 2 is 1.16 bits per heavy atom. The summed E-state index contributed by atoms with van der Waals surface area (Å²) in [4.78, 5) is 180. The number of carbonyl (C=O) groups excluding carboxylic acids is 12. The summed E-state index contributed by atoms with van der Waals surface area (Å²) in [5, 5.41) is 8.40. The Kier molecular flexibility index (Phi) is 21.4. The first-order valence-electron chi connectivity index (χ1n) is 27.5. The second-order valence-electron chi connectivity index (χ2n) is 22.6. The molecule has 3 saturated heterocycles. The number of nitrogens with one attached hydrogen (secondary N) is 3. The maximum Gasteiger partial charge on any atom is 0.248 e. The van der Waals surface area contributed by atoms with Gasteiger partial charge < -0.3 is 60.0 Å². The number of hydrogen-bond acceptors (Lipinski definition) is 12. The Morgan fingerprint density at radius 3 is 1.70 bits per heavy atom. The molecule has 0 radical (unpaired) electrons.